The fourth-order valence-electron chi connectivity index (χ4n) is 1.05. The van der Waals surface area contributed by atoms with Crippen LogP contribution >= 0.6 is 0 Å². The van der Waals surface area contributed by atoms with Crippen molar-refractivity contribution >= 4 is 11.9 Å². The minimum absolute atomic E-state index is 0.0454. The molecule has 0 bridgehead atoms. The molecule has 0 aliphatic carbocycles. The first-order chi connectivity index (χ1) is 8.74. The van der Waals surface area contributed by atoms with Gasteiger partial charge in [0.1, 0.15) is 0 Å². The first-order valence-electron chi connectivity index (χ1n) is 4.93. The lowest BCUT2D eigenvalue weighted by Crippen LogP contribution is -2.07. The summed E-state index contributed by atoms with van der Waals surface area (Å²) < 4.78 is 19.0. The molecule has 0 radical (unpaired) electrons. The highest BCUT2D eigenvalue weighted by Gasteiger charge is 2.06. The zero-order valence-corrected chi connectivity index (χ0v) is 9.07. The van der Waals surface area contributed by atoms with Crippen LogP contribution in [0.15, 0.2) is 57.8 Å². The van der Waals surface area contributed by atoms with Crippen LogP contribution in [-0.4, -0.2) is 11.9 Å². The molecule has 2 aromatic heterocycles. The molecule has 2 heterocycles. The summed E-state index contributed by atoms with van der Waals surface area (Å²) in [7, 11) is 0. The molecule has 0 saturated carbocycles. The molecule has 0 aromatic carbocycles. The van der Waals surface area contributed by atoms with Crippen LogP contribution in [0.25, 0.3) is 0 Å². The average Bonchev–Trinajstić information content (AvgIpc) is 2.99. The van der Waals surface area contributed by atoms with Crippen LogP contribution in [0, 0.1) is 0 Å². The van der Waals surface area contributed by atoms with Crippen molar-refractivity contribution < 1.29 is 27.9 Å². The van der Waals surface area contributed by atoms with Crippen LogP contribution in [0.5, 0.6) is 11.9 Å². The van der Waals surface area contributed by atoms with E-state index >= 15 is 0 Å². The Balaban J connectivity index is 1.83. The lowest BCUT2D eigenvalue weighted by Gasteiger charge is -1.95. The van der Waals surface area contributed by atoms with Crippen molar-refractivity contribution in [2.75, 3.05) is 0 Å². The topological polar surface area (TPSA) is 78.9 Å². The zero-order chi connectivity index (χ0) is 12.8. The van der Waals surface area contributed by atoms with E-state index in [1.54, 1.807) is 12.1 Å². The van der Waals surface area contributed by atoms with Crippen LogP contribution in [0.4, 0.5) is 0 Å². The van der Waals surface area contributed by atoms with Gasteiger partial charge in [0.25, 0.3) is 11.9 Å². The Bertz CT molecular complexity index is 485. The summed E-state index contributed by atoms with van der Waals surface area (Å²) in [5.41, 5.74) is 0. The maximum atomic E-state index is 11.2. The summed E-state index contributed by atoms with van der Waals surface area (Å²) in [5, 5.41) is 0. The van der Waals surface area contributed by atoms with Gasteiger partial charge in [0.15, 0.2) is 0 Å². The third kappa shape index (κ3) is 3.38. The Hall–Kier alpha value is -2.76. The zero-order valence-electron chi connectivity index (χ0n) is 9.07. The number of rotatable bonds is 4. The molecule has 0 aliphatic rings. The third-order valence-electron chi connectivity index (χ3n) is 1.75. The molecule has 6 nitrogen and oxygen atoms in total. The molecule has 0 amide bonds. The summed E-state index contributed by atoms with van der Waals surface area (Å²) in [6, 6.07) is 6.06. The number of hydrogen-bond acceptors (Lipinski definition) is 6. The second-order valence-corrected chi connectivity index (χ2v) is 3.04. The van der Waals surface area contributed by atoms with Crippen LogP contribution < -0.4 is 9.47 Å². The van der Waals surface area contributed by atoms with E-state index < -0.39 is 11.9 Å². The van der Waals surface area contributed by atoms with E-state index in [2.05, 4.69) is 0 Å². The molecule has 0 spiro atoms. The van der Waals surface area contributed by atoms with Crippen molar-refractivity contribution in [2.24, 2.45) is 0 Å². The summed E-state index contributed by atoms with van der Waals surface area (Å²) in [5.74, 6) is -1.41. The summed E-state index contributed by atoms with van der Waals surface area (Å²) in [4.78, 5) is 22.4. The summed E-state index contributed by atoms with van der Waals surface area (Å²) in [6.07, 6.45) is 4.57. The predicted molar refractivity (Wildman–Crippen MR) is 57.8 cm³/mol. The fourth-order valence-corrected chi connectivity index (χ4v) is 1.05. The molecule has 6 heteroatoms. The molecule has 18 heavy (non-hydrogen) atoms. The second kappa shape index (κ2) is 5.53. The number of carbonyl (C=O) groups excluding carboxylic acids is 2. The minimum Gasteiger partial charge on any atom is -0.434 e. The first-order valence-corrected chi connectivity index (χ1v) is 4.93. The fraction of sp³-hybridized carbons (Fsp3) is 0. The van der Waals surface area contributed by atoms with Crippen LogP contribution in [0.1, 0.15) is 0 Å². The molecular weight excluding hydrogens is 240 g/mol. The predicted octanol–water partition coefficient (Wildman–Crippen LogP) is 1.94. The molecule has 0 atom stereocenters. The molecule has 0 aliphatic heterocycles. The quantitative estimate of drug-likeness (QED) is 0.607. The van der Waals surface area contributed by atoms with Gasteiger partial charge < -0.3 is 18.3 Å². The third-order valence-corrected chi connectivity index (χ3v) is 1.75. The second-order valence-electron chi connectivity index (χ2n) is 3.04. The van der Waals surface area contributed by atoms with Crippen molar-refractivity contribution in [3.05, 3.63) is 48.9 Å². The van der Waals surface area contributed by atoms with Crippen LogP contribution in [0.2, 0.25) is 0 Å². The van der Waals surface area contributed by atoms with Gasteiger partial charge in [0, 0.05) is 24.3 Å². The van der Waals surface area contributed by atoms with Crippen molar-refractivity contribution in [2.45, 2.75) is 0 Å². The van der Waals surface area contributed by atoms with Gasteiger partial charge >= 0.3 is 11.9 Å². The minimum atomic E-state index is -0.749. The van der Waals surface area contributed by atoms with E-state index in [1.165, 1.54) is 24.7 Å². The Kier molecular flexibility index (Phi) is 3.60. The van der Waals surface area contributed by atoms with E-state index in [1.807, 2.05) is 0 Å². The van der Waals surface area contributed by atoms with Gasteiger partial charge in [-0.1, -0.05) is 0 Å². The molecule has 2 aromatic rings. The summed E-state index contributed by atoms with van der Waals surface area (Å²) in [6.45, 7) is 0. The number of esters is 2. The van der Waals surface area contributed by atoms with Crippen molar-refractivity contribution in [1.29, 1.82) is 0 Å². The van der Waals surface area contributed by atoms with Gasteiger partial charge in [-0.3, -0.25) is 0 Å². The van der Waals surface area contributed by atoms with E-state index in [0.29, 0.717) is 0 Å². The maximum absolute atomic E-state index is 11.2. The first kappa shape index (κ1) is 11.7. The Morgan fingerprint density at radius 3 is 1.67 bits per heavy atom. The van der Waals surface area contributed by atoms with Gasteiger partial charge in [-0.25, -0.2) is 9.59 Å². The number of hydrogen-bond donors (Lipinski definition) is 0. The van der Waals surface area contributed by atoms with Crippen molar-refractivity contribution in [3.8, 4) is 11.9 Å². The number of ether oxygens (including phenoxy) is 2. The van der Waals surface area contributed by atoms with Crippen LogP contribution in [0.3, 0.4) is 0 Å². The van der Waals surface area contributed by atoms with Gasteiger partial charge in [-0.05, 0) is 12.1 Å². The van der Waals surface area contributed by atoms with Crippen molar-refractivity contribution in [3.63, 3.8) is 0 Å². The highest BCUT2D eigenvalue weighted by Crippen LogP contribution is 2.11. The molecule has 2 rings (SSSR count). The van der Waals surface area contributed by atoms with Gasteiger partial charge in [-0.2, -0.15) is 0 Å². The molecule has 0 fully saturated rings. The van der Waals surface area contributed by atoms with Gasteiger partial charge in [0.05, 0.1) is 12.5 Å². The molecule has 0 saturated heterocycles. The highest BCUT2D eigenvalue weighted by atomic mass is 16.6. The normalized spacial score (nSPS) is 10.4. The molecule has 0 N–H and O–H groups in total. The van der Waals surface area contributed by atoms with Crippen LogP contribution in [-0.2, 0) is 9.59 Å². The maximum Gasteiger partial charge on any atom is 0.338 e. The molecular formula is C12H8O6. The molecule has 92 valence electrons. The van der Waals surface area contributed by atoms with E-state index in [-0.39, 0.29) is 11.9 Å². The van der Waals surface area contributed by atoms with E-state index in [4.69, 9.17) is 18.3 Å². The largest absolute Gasteiger partial charge is 0.434 e. The summed E-state index contributed by atoms with van der Waals surface area (Å²) >= 11 is 0. The van der Waals surface area contributed by atoms with E-state index in [9.17, 15) is 9.59 Å². The Morgan fingerprint density at radius 2 is 1.33 bits per heavy atom. The Labute approximate surface area is 101 Å². The molecule has 0 unspecified atom stereocenters. The van der Waals surface area contributed by atoms with Gasteiger partial charge in [-0.15, -0.1) is 0 Å². The standard InChI is InChI=1S/C12H8O6/c13-9(17-11-3-1-7-15-11)5-6-10(14)18-12-4-2-8-16-12/h1-8H/b6-5+. The SMILES string of the molecule is O=C(/C=C/C(=O)Oc1ccco1)Oc1ccco1. The van der Waals surface area contributed by atoms with Crippen molar-refractivity contribution in [1.82, 2.24) is 0 Å². The van der Waals surface area contributed by atoms with Gasteiger partial charge in [0.2, 0.25) is 0 Å². The number of furan rings is 2. The average molecular weight is 248 g/mol. The highest BCUT2D eigenvalue weighted by molar-refractivity contribution is 5.93. The van der Waals surface area contributed by atoms with E-state index in [0.717, 1.165) is 12.2 Å². The lowest BCUT2D eigenvalue weighted by molar-refractivity contribution is -0.132. The lowest BCUT2D eigenvalue weighted by atomic mass is 10.5. The monoisotopic (exact) mass is 248 g/mol. The number of carbonyl (C=O) groups is 2. The smallest absolute Gasteiger partial charge is 0.338 e. The Morgan fingerprint density at radius 1 is 0.889 bits per heavy atom.